The minimum absolute atomic E-state index is 0.486. The van der Waals surface area contributed by atoms with E-state index in [-0.39, 0.29) is 0 Å². The average Bonchev–Trinajstić information content (AvgIpc) is 2.38. The number of carbonyl (C=O) groups is 2. The summed E-state index contributed by atoms with van der Waals surface area (Å²) in [5, 5.41) is 39.5. The van der Waals surface area contributed by atoms with Crippen LogP contribution in [0.25, 0.3) is 0 Å². The van der Waals surface area contributed by atoms with Crippen molar-refractivity contribution in [2.24, 2.45) is 5.73 Å². The van der Waals surface area contributed by atoms with E-state index in [1.54, 1.807) is 0 Å². The molecular formula is C11H18N2O7. The molecule has 5 atom stereocenters. The van der Waals surface area contributed by atoms with E-state index in [1.165, 1.54) is 6.92 Å². The molecule has 0 bridgehead atoms. The highest BCUT2D eigenvalue weighted by molar-refractivity contribution is 5.84. The third-order valence-corrected chi connectivity index (χ3v) is 2.90. The lowest BCUT2D eigenvalue weighted by molar-refractivity contribution is -0.141. The average molecular weight is 290 g/mol. The molecule has 7 N–H and O–H groups in total. The van der Waals surface area contributed by atoms with E-state index >= 15 is 0 Å². The van der Waals surface area contributed by atoms with Crippen LogP contribution in [0.15, 0.2) is 11.8 Å². The Labute approximate surface area is 114 Å². The van der Waals surface area contributed by atoms with Crippen LogP contribution in [0.5, 0.6) is 0 Å². The normalized spacial score (nSPS) is 28.9. The van der Waals surface area contributed by atoms with Gasteiger partial charge in [-0.3, -0.25) is 4.79 Å². The molecule has 9 nitrogen and oxygen atoms in total. The zero-order valence-corrected chi connectivity index (χ0v) is 10.8. The number of nitrogens with one attached hydrogen (secondary N) is 1. The van der Waals surface area contributed by atoms with Crippen LogP contribution >= 0.6 is 0 Å². The number of hydrogen-bond donors (Lipinski definition) is 6. The van der Waals surface area contributed by atoms with Gasteiger partial charge in [0.1, 0.15) is 12.2 Å². The second-order valence-electron chi connectivity index (χ2n) is 4.46. The van der Waals surface area contributed by atoms with Gasteiger partial charge in [-0.05, 0) is 6.08 Å². The highest BCUT2D eigenvalue weighted by Crippen LogP contribution is 2.22. The summed E-state index contributed by atoms with van der Waals surface area (Å²) in [5.74, 6) is -2.44. The molecule has 0 saturated heterocycles. The monoisotopic (exact) mass is 290 g/mol. The van der Waals surface area contributed by atoms with Gasteiger partial charge >= 0.3 is 5.97 Å². The zero-order chi connectivity index (χ0) is 15.4. The quantitative estimate of drug-likeness (QED) is 0.310. The summed E-state index contributed by atoms with van der Waals surface area (Å²) in [7, 11) is 0. The standard InChI is InChI=1S/C11H18N2O7/c1-4(15)13-9-5(16)2-7(11(18)19)20-10(9)8(12)6(17)3-14/h2,5-6,8-10,14,16-17H,3,12H2,1H3,(H,13,15)(H,18,19)/t5-,6+,8+,9+,10-/m0/s1. The van der Waals surface area contributed by atoms with Crippen molar-refractivity contribution in [1.82, 2.24) is 5.32 Å². The van der Waals surface area contributed by atoms with Crippen LogP contribution < -0.4 is 11.1 Å². The first-order chi connectivity index (χ1) is 9.27. The van der Waals surface area contributed by atoms with Crippen LogP contribution in [0, 0.1) is 0 Å². The van der Waals surface area contributed by atoms with Crippen molar-refractivity contribution in [3.8, 4) is 0 Å². The molecule has 1 rings (SSSR count). The number of hydrogen-bond acceptors (Lipinski definition) is 7. The number of rotatable bonds is 5. The van der Waals surface area contributed by atoms with E-state index in [1.807, 2.05) is 0 Å². The Morgan fingerprint density at radius 1 is 1.55 bits per heavy atom. The molecule has 1 aliphatic rings. The van der Waals surface area contributed by atoms with Crippen molar-refractivity contribution < 1.29 is 34.8 Å². The molecule has 1 aliphatic heterocycles. The van der Waals surface area contributed by atoms with Crippen LogP contribution in [-0.4, -0.2) is 69.3 Å². The van der Waals surface area contributed by atoms with Gasteiger partial charge in [0, 0.05) is 6.92 Å². The predicted molar refractivity (Wildman–Crippen MR) is 65.3 cm³/mol. The topological polar surface area (TPSA) is 162 Å². The van der Waals surface area contributed by atoms with Gasteiger partial charge in [0.2, 0.25) is 11.7 Å². The summed E-state index contributed by atoms with van der Waals surface area (Å²) in [6.45, 7) is 0.532. The molecule has 0 aromatic carbocycles. The minimum atomic E-state index is -1.42. The third kappa shape index (κ3) is 3.67. The SMILES string of the molecule is CC(=O)N[C@H]1[C@H]([C@H](N)[C@H](O)CO)OC(C(=O)O)=C[C@@H]1O. The molecule has 0 spiro atoms. The van der Waals surface area contributed by atoms with Crippen LogP contribution in [0.3, 0.4) is 0 Å². The molecule has 0 aromatic rings. The van der Waals surface area contributed by atoms with Gasteiger partial charge in [0.05, 0.1) is 24.8 Å². The number of ether oxygens (including phenoxy) is 1. The summed E-state index contributed by atoms with van der Waals surface area (Å²) >= 11 is 0. The smallest absolute Gasteiger partial charge is 0.370 e. The molecule has 0 unspecified atom stereocenters. The van der Waals surface area contributed by atoms with Crippen LogP contribution in [0.2, 0.25) is 0 Å². The molecule has 0 aromatic heterocycles. The molecular weight excluding hydrogens is 272 g/mol. The Morgan fingerprint density at radius 3 is 2.60 bits per heavy atom. The van der Waals surface area contributed by atoms with Gasteiger partial charge in [0.25, 0.3) is 0 Å². The van der Waals surface area contributed by atoms with Crippen molar-refractivity contribution in [3.63, 3.8) is 0 Å². The number of nitrogens with two attached hydrogens (primary N) is 1. The van der Waals surface area contributed by atoms with Gasteiger partial charge in [-0.15, -0.1) is 0 Å². The van der Waals surface area contributed by atoms with Gasteiger partial charge in [0.15, 0.2) is 0 Å². The fourth-order valence-electron chi connectivity index (χ4n) is 1.89. The maximum Gasteiger partial charge on any atom is 0.370 e. The summed E-state index contributed by atoms with van der Waals surface area (Å²) in [6.07, 6.45) is -3.01. The van der Waals surface area contributed by atoms with Gasteiger partial charge in [-0.1, -0.05) is 0 Å². The lowest BCUT2D eigenvalue weighted by Crippen LogP contribution is -2.62. The Balaban J connectivity index is 3.04. The fraction of sp³-hybridized carbons (Fsp3) is 0.636. The molecule has 1 amide bonds. The maximum absolute atomic E-state index is 11.1. The van der Waals surface area contributed by atoms with Crippen molar-refractivity contribution >= 4 is 11.9 Å². The number of aliphatic carboxylic acids is 1. The minimum Gasteiger partial charge on any atom is -0.479 e. The Kier molecular flexibility index (Phi) is 5.45. The predicted octanol–water partition coefficient (Wildman–Crippen LogP) is -3.10. The summed E-state index contributed by atoms with van der Waals surface area (Å²) < 4.78 is 5.11. The first kappa shape index (κ1) is 16.4. The Bertz CT molecular complexity index is 412. The lowest BCUT2D eigenvalue weighted by atomic mass is 9.92. The fourth-order valence-corrected chi connectivity index (χ4v) is 1.89. The van der Waals surface area contributed by atoms with E-state index < -0.39 is 54.6 Å². The maximum atomic E-state index is 11.1. The lowest BCUT2D eigenvalue weighted by Gasteiger charge is -2.38. The number of aliphatic hydroxyl groups excluding tert-OH is 3. The van der Waals surface area contributed by atoms with E-state index in [0.717, 1.165) is 6.08 Å². The summed E-state index contributed by atoms with van der Waals surface area (Å²) in [4.78, 5) is 22.0. The Hall–Kier alpha value is -1.68. The second kappa shape index (κ2) is 6.66. The Morgan fingerprint density at radius 2 is 2.15 bits per heavy atom. The third-order valence-electron chi connectivity index (χ3n) is 2.90. The molecule has 20 heavy (non-hydrogen) atoms. The zero-order valence-electron chi connectivity index (χ0n) is 10.8. The highest BCUT2D eigenvalue weighted by atomic mass is 16.5. The largest absolute Gasteiger partial charge is 0.479 e. The van der Waals surface area contributed by atoms with Crippen molar-refractivity contribution in [3.05, 3.63) is 11.8 Å². The number of carboxylic acids is 1. The molecule has 1 heterocycles. The molecule has 9 heteroatoms. The number of carboxylic acid groups (broad SMARTS) is 1. The van der Waals surface area contributed by atoms with E-state index in [9.17, 15) is 19.8 Å². The molecule has 114 valence electrons. The van der Waals surface area contributed by atoms with E-state index in [4.69, 9.17) is 20.7 Å². The summed E-state index contributed by atoms with van der Waals surface area (Å²) in [6, 6.07) is -2.23. The molecule has 0 radical (unpaired) electrons. The first-order valence-electron chi connectivity index (χ1n) is 5.89. The van der Waals surface area contributed by atoms with Crippen LogP contribution in [0.1, 0.15) is 6.92 Å². The van der Waals surface area contributed by atoms with E-state index in [2.05, 4.69) is 5.32 Å². The van der Waals surface area contributed by atoms with Gasteiger partial charge < -0.3 is 36.2 Å². The van der Waals surface area contributed by atoms with Crippen molar-refractivity contribution in [1.29, 1.82) is 0 Å². The second-order valence-corrected chi connectivity index (χ2v) is 4.46. The molecule has 0 saturated carbocycles. The molecule has 0 fully saturated rings. The molecule has 0 aliphatic carbocycles. The van der Waals surface area contributed by atoms with Crippen molar-refractivity contribution in [2.75, 3.05) is 6.61 Å². The summed E-state index contributed by atoms with van der Waals surface area (Å²) in [5.41, 5.74) is 5.68. The van der Waals surface area contributed by atoms with Crippen LogP contribution in [0.4, 0.5) is 0 Å². The first-order valence-corrected chi connectivity index (χ1v) is 5.89. The van der Waals surface area contributed by atoms with E-state index in [0.29, 0.717) is 0 Å². The van der Waals surface area contributed by atoms with Crippen LogP contribution in [-0.2, 0) is 14.3 Å². The van der Waals surface area contributed by atoms with Crippen molar-refractivity contribution in [2.45, 2.75) is 37.3 Å². The van der Waals surface area contributed by atoms with Gasteiger partial charge in [-0.2, -0.15) is 0 Å². The highest BCUT2D eigenvalue weighted by Gasteiger charge is 2.42. The number of amides is 1. The van der Waals surface area contributed by atoms with Gasteiger partial charge in [-0.25, -0.2) is 4.79 Å². The number of aliphatic hydroxyl groups is 3. The number of carbonyl (C=O) groups excluding carboxylic acids is 1.